The molecule has 2 rings (SSSR count). The third-order valence-corrected chi connectivity index (χ3v) is 3.23. The normalized spacial score (nSPS) is 11.5. The summed E-state index contributed by atoms with van der Waals surface area (Å²) in [4.78, 5) is 0. The van der Waals surface area contributed by atoms with Crippen molar-refractivity contribution in [2.24, 2.45) is 5.73 Å². The lowest BCUT2D eigenvalue weighted by molar-refractivity contribution is 0.406. The van der Waals surface area contributed by atoms with Gasteiger partial charge in [0.05, 0.1) is 0 Å². The van der Waals surface area contributed by atoms with E-state index in [0.717, 1.165) is 5.56 Å². The molecule has 2 aromatic carbocycles. The summed E-state index contributed by atoms with van der Waals surface area (Å²) in [6.45, 7) is 6.35. The molecule has 0 unspecified atom stereocenters. The van der Waals surface area contributed by atoms with E-state index in [2.05, 4.69) is 20.8 Å². The SMILES string of the molecule is CC(C)(C)c1ccc(Oc2c(F)cc(CN)cc2F)cc1. The molecule has 0 aliphatic rings. The Morgan fingerprint density at radius 3 is 1.95 bits per heavy atom. The van der Waals surface area contributed by atoms with Gasteiger partial charge in [-0.05, 0) is 40.8 Å². The van der Waals surface area contributed by atoms with Crippen LogP contribution in [-0.2, 0) is 12.0 Å². The maximum atomic E-state index is 13.8. The Morgan fingerprint density at radius 2 is 1.52 bits per heavy atom. The molecule has 0 bridgehead atoms. The Balaban J connectivity index is 2.26. The van der Waals surface area contributed by atoms with Gasteiger partial charge in [0, 0.05) is 6.54 Å². The summed E-state index contributed by atoms with van der Waals surface area (Å²) >= 11 is 0. The van der Waals surface area contributed by atoms with Crippen LogP contribution in [0.4, 0.5) is 8.78 Å². The molecule has 0 saturated carbocycles. The van der Waals surface area contributed by atoms with E-state index < -0.39 is 17.4 Å². The molecule has 0 fully saturated rings. The standard InChI is InChI=1S/C17H19F2NO/c1-17(2,3)12-4-6-13(7-5-12)21-16-14(18)8-11(10-20)9-15(16)19/h4-9H,10,20H2,1-3H3. The molecule has 2 aromatic rings. The molecule has 0 aliphatic heterocycles. The maximum absolute atomic E-state index is 13.8. The molecule has 0 heterocycles. The number of rotatable bonds is 3. The quantitative estimate of drug-likeness (QED) is 0.902. The van der Waals surface area contributed by atoms with Crippen molar-refractivity contribution in [3.63, 3.8) is 0 Å². The van der Waals surface area contributed by atoms with Gasteiger partial charge >= 0.3 is 0 Å². The van der Waals surface area contributed by atoms with Gasteiger partial charge in [-0.2, -0.15) is 0 Å². The van der Waals surface area contributed by atoms with Gasteiger partial charge < -0.3 is 10.5 Å². The van der Waals surface area contributed by atoms with Gasteiger partial charge in [0.25, 0.3) is 0 Å². The van der Waals surface area contributed by atoms with Crippen molar-refractivity contribution in [2.75, 3.05) is 0 Å². The van der Waals surface area contributed by atoms with Crippen LogP contribution in [0, 0.1) is 11.6 Å². The van der Waals surface area contributed by atoms with E-state index in [-0.39, 0.29) is 12.0 Å². The molecule has 0 aromatic heterocycles. The van der Waals surface area contributed by atoms with Crippen LogP contribution < -0.4 is 10.5 Å². The molecule has 0 aliphatic carbocycles. The van der Waals surface area contributed by atoms with Crippen LogP contribution in [-0.4, -0.2) is 0 Å². The summed E-state index contributed by atoms with van der Waals surface area (Å²) in [7, 11) is 0. The van der Waals surface area contributed by atoms with Gasteiger partial charge in [-0.3, -0.25) is 0 Å². The summed E-state index contributed by atoms with van der Waals surface area (Å²) in [5, 5.41) is 0. The second-order valence-corrected chi connectivity index (χ2v) is 5.97. The summed E-state index contributed by atoms with van der Waals surface area (Å²) in [5.74, 6) is -1.53. The molecule has 0 amide bonds. The second-order valence-electron chi connectivity index (χ2n) is 5.97. The maximum Gasteiger partial charge on any atom is 0.198 e. The zero-order chi connectivity index (χ0) is 15.6. The first-order chi connectivity index (χ1) is 9.81. The fourth-order valence-electron chi connectivity index (χ4n) is 1.97. The van der Waals surface area contributed by atoms with Crippen LogP contribution in [0.3, 0.4) is 0 Å². The van der Waals surface area contributed by atoms with Crippen LogP contribution in [0.15, 0.2) is 36.4 Å². The van der Waals surface area contributed by atoms with E-state index >= 15 is 0 Å². The molecule has 0 radical (unpaired) electrons. The fraction of sp³-hybridized carbons (Fsp3) is 0.294. The van der Waals surface area contributed by atoms with Crippen molar-refractivity contribution in [3.05, 3.63) is 59.2 Å². The highest BCUT2D eigenvalue weighted by molar-refractivity contribution is 5.38. The Morgan fingerprint density at radius 1 is 1.00 bits per heavy atom. The highest BCUT2D eigenvalue weighted by Crippen LogP contribution is 2.30. The minimum Gasteiger partial charge on any atom is -0.451 e. The summed E-state index contributed by atoms with van der Waals surface area (Å²) in [6.07, 6.45) is 0. The van der Waals surface area contributed by atoms with E-state index in [4.69, 9.17) is 10.5 Å². The average Bonchev–Trinajstić information content (AvgIpc) is 2.42. The van der Waals surface area contributed by atoms with Crippen molar-refractivity contribution in [1.29, 1.82) is 0 Å². The van der Waals surface area contributed by atoms with Crippen LogP contribution in [0.25, 0.3) is 0 Å². The average molecular weight is 291 g/mol. The van der Waals surface area contributed by atoms with E-state index in [1.54, 1.807) is 12.1 Å². The number of hydrogen-bond donors (Lipinski definition) is 1. The van der Waals surface area contributed by atoms with E-state index in [0.29, 0.717) is 11.3 Å². The molecule has 0 atom stereocenters. The Hall–Kier alpha value is -1.94. The lowest BCUT2D eigenvalue weighted by atomic mass is 9.87. The van der Waals surface area contributed by atoms with Gasteiger partial charge in [-0.25, -0.2) is 8.78 Å². The lowest BCUT2D eigenvalue weighted by Gasteiger charge is -2.19. The Bertz CT molecular complexity index is 607. The number of benzene rings is 2. The van der Waals surface area contributed by atoms with Crippen molar-refractivity contribution in [2.45, 2.75) is 32.7 Å². The molecular weight excluding hydrogens is 272 g/mol. The van der Waals surface area contributed by atoms with Crippen LogP contribution in [0.5, 0.6) is 11.5 Å². The molecule has 0 spiro atoms. The first-order valence-electron chi connectivity index (χ1n) is 6.77. The largest absolute Gasteiger partial charge is 0.451 e. The molecule has 0 saturated heterocycles. The molecule has 2 N–H and O–H groups in total. The lowest BCUT2D eigenvalue weighted by Crippen LogP contribution is -2.10. The number of halogens is 2. The zero-order valence-corrected chi connectivity index (χ0v) is 12.4. The van der Waals surface area contributed by atoms with Gasteiger partial charge in [0.15, 0.2) is 17.4 Å². The molecular formula is C17H19F2NO. The topological polar surface area (TPSA) is 35.2 Å². The number of ether oxygens (including phenoxy) is 1. The van der Waals surface area contributed by atoms with Crippen molar-refractivity contribution < 1.29 is 13.5 Å². The third kappa shape index (κ3) is 3.58. The van der Waals surface area contributed by atoms with E-state index in [9.17, 15) is 8.78 Å². The second kappa shape index (κ2) is 5.82. The number of hydrogen-bond acceptors (Lipinski definition) is 2. The monoisotopic (exact) mass is 291 g/mol. The van der Waals surface area contributed by atoms with Gasteiger partial charge in [0.2, 0.25) is 0 Å². The molecule has 2 nitrogen and oxygen atoms in total. The van der Waals surface area contributed by atoms with Crippen molar-refractivity contribution in [1.82, 2.24) is 0 Å². The molecule has 4 heteroatoms. The van der Waals surface area contributed by atoms with Crippen LogP contribution in [0.1, 0.15) is 31.9 Å². The third-order valence-electron chi connectivity index (χ3n) is 3.23. The van der Waals surface area contributed by atoms with Crippen molar-refractivity contribution in [3.8, 4) is 11.5 Å². The van der Waals surface area contributed by atoms with E-state index in [1.807, 2.05) is 12.1 Å². The molecule has 112 valence electrons. The summed E-state index contributed by atoms with van der Waals surface area (Å²) in [5.41, 5.74) is 6.89. The minimum absolute atomic E-state index is 0.0117. The minimum atomic E-state index is -0.754. The smallest absolute Gasteiger partial charge is 0.198 e. The van der Waals surface area contributed by atoms with Crippen LogP contribution in [0.2, 0.25) is 0 Å². The Kier molecular flexibility index (Phi) is 4.28. The zero-order valence-electron chi connectivity index (χ0n) is 12.4. The highest BCUT2D eigenvalue weighted by atomic mass is 19.1. The Labute approximate surface area is 123 Å². The van der Waals surface area contributed by atoms with E-state index in [1.165, 1.54) is 12.1 Å². The first kappa shape index (κ1) is 15.4. The predicted octanol–water partition coefficient (Wildman–Crippen LogP) is 4.51. The summed E-state index contributed by atoms with van der Waals surface area (Å²) in [6, 6.07) is 9.55. The van der Waals surface area contributed by atoms with Crippen molar-refractivity contribution >= 4 is 0 Å². The predicted molar refractivity (Wildman–Crippen MR) is 79.5 cm³/mol. The highest BCUT2D eigenvalue weighted by Gasteiger charge is 2.15. The number of nitrogens with two attached hydrogens (primary N) is 1. The first-order valence-corrected chi connectivity index (χ1v) is 6.77. The van der Waals surface area contributed by atoms with Crippen LogP contribution >= 0.6 is 0 Å². The molecule has 21 heavy (non-hydrogen) atoms. The van der Waals surface area contributed by atoms with Gasteiger partial charge in [-0.15, -0.1) is 0 Å². The van der Waals surface area contributed by atoms with Gasteiger partial charge in [0.1, 0.15) is 5.75 Å². The summed E-state index contributed by atoms with van der Waals surface area (Å²) < 4.78 is 33.0. The fourth-order valence-corrected chi connectivity index (χ4v) is 1.97. The van der Waals surface area contributed by atoms with Gasteiger partial charge in [-0.1, -0.05) is 32.9 Å².